The van der Waals surface area contributed by atoms with Gasteiger partial charge in [0.1, 0.15) is 23.9 Å². The fourth-order valence-corrected chi connectivity index (χ4v) is 1.71. The number of nitrogens with one attached hydrogen (secondary N) is 1. The lowest BCUT2D eigenvalue weighted by atomic mass is 10.3. The van der Waals surface area contributed by atoms with Gasteiger partial charge in [-0.2, -0.15) is 0 Å². The van der Waals surface area contributed by atoms with E-state index in [1.165, 1.54) is 6.07 Å². The molecule has 0 aliphatic carbocycles. The first-order valence-electron chi connectivity index (χ1n) is 6.20. The average Bonchev–Trinajstić information content (AvgIpc) is 2.44. The average molecular weight is 273 g/mol. The first-order valence-corrected chi connectivity index (χ1v) is 6.20. The van der Waals surface area contributed by atoms with Gasteiger partial charge in [0.2, 0.25) is 0 Å². The molecule has 2 aromatic rings. The first kappa shape index (κ1) is 13.8. The summed E-state index contributed by atoms with van der Waals surface area (Å²) < 4.78 is 5.52. The van der Waals surface area contributed by atoms with Gasteiger partial charge in [-0.1, -0.05) is 18.2 Å². The van der Waals surface area contributed by atoms with E-state index in [4.69, 9.17) is 4.74 Å². The van der Waals surface area contributed by atoms with Crippen LogP contribution in [0.15, 0.2) is 42.5 Å². The van der Waals surface area contributed by atoms with E-state index in [0.29, 0.717) is 24.7 Å². The molecule has 0 radical (unpaired) electrons. The molecule has 0 amide bonds. The van der Waals surface area contributed by atoms with Gasteiger partial charge >= 0.3 is 0 Å². The number of rotatable bonds is 6. The lowest BCUT2D eigenvalue weighted by molar-refractivity contribution is -0.385. The van der Waals surface area contributed by atoms with Gasteiger partial charge in [0, 0.05) is 6.07 Å². The number of pyridine rings is 1. The van der Waals surface area contributed by atoms with Crippen molar-refractivity contribution in [2.24, 2.45) is 0 Å². The number of hydrogen-bond acceptors (Lipinski definition) is 5. The predicted octanol–water partition coefficient (Wildman–Crippen LogP) is 2.79. The number of nitrogens with zero attached hydrogens (tertiary/aromatic N) is 2. The van der Waals surface area contributed by atoms with Gasteiger partial charge in [-0.05, 0) is 25.1 Å². The number of benzene rings is 1. The van der Waals surface area contributed by atoms with Crippen molar-refractivity contribution in [3.63, 3.8) is 0 Å². The minimum atomic E-state index is -0.440. The quantitative estimate of drug-likeness (QED) is 0.497. The fraction of sp³-hybridized carbons (Fsp3) is 0.214. The van der Waals surface area contributed by atoms with Crippen LogP contribution in [0.1, 0.15) is 5.69 Å². The van der Waals surface area contributed by atoms with E-state index < -0.39 is 4.92 Å². The van der Waals surface area contributed by atoms with Crippen LogP contribution in [-0.4, -0.2) is 23.1 Å². The maximum Gasteiger partial charge on any atom is 0.290 e. The molecule has 0 spiro atoms. The Hall–Kier alpha value is -2.63. The van der Waals surface area contributed by atoms with E-state index in [0.717, 1.165) is 5.75 Å². The summed E-state index contributed by atoms with van der Waals surface area (Å²) in [5, 5.41) is 13.7. The molecular weight excluding hydrogens is 258 g/mol. The van der Waals surface area contributed by atoms with Gasteiger partial charge in [0.15, 0.2) is 0 Å². The number of para-hydroxylation sites is 1. The summed E-state index contributed by atoms with van der Waals surface area (Å²) in [5.41, 5.74) is 0.417. The van der Waals surface area contributed by atoms with Crippen LogP contribution in [0, 0.1) is 17.0 Å². The second-order valence-corrected chi connectivity index (χ2v) is 4.15. The number of anilines is 1. The summed E-state index contributed by atoms with van der Waals surface area (Å²) in [5.74, 6) is 1.41. The molecule has 1 heterocycles. The molecule has 0 saturated heterocycles. The SMILES string of the molecule is Cc1nc(NCCOc2ccccc2)ccc1[N+](=O)[O-]. The zero-order chi connectivity index (χ0) is 14.4. The minimum absolute atomic E-state index is 0.0242. The number of aryl methyl sites for hydroxylation is 1. The van der Waals surface area contributed by atoms with Crippen LogP contribution in [0.4, 0.5) is 11.5 Å². The van der Waals surface area contributed by atoms with E-state index in [9.17, 15) is 10.1 Å². The van der Waals surface area contributed by atoms with Crippen molar-refractivity contribution >= 4 is 11.5 Å². The Bertz CT molecular complexity index is 587. The zero-order valence-electron chi connectivity index (χ0n) is 11.1. The highest BCUT2D eigenvalue weighted by molar-refractivity contribution is 5.44. The van der Waals surface area contributed by atoms with Crippen LogP contribution >= 0.6 is 0 Å². The number of nitro groups is 1. The lowest BCUT2D eigenvalue weighted by Gasteiger charge is -2.08. The van der Waals surface area contributed by atoms with Crippen molar-refractivity contribution in [2.45, 2.75) is 6.92 Å². The molecule has 0 bridgehead atoms. The Morgan fingerprint density at radius 3 is 2.65 bits per heavy atom. The highest BCUT2D eigenvalue weighted by Gasteiger charge is 2.11. The van der Waals surface area contributed by atoms with Crippen molar-refractivity contribution in [1.82, 2.24) is 4.98 Å². The van der Waals surface area contributed by atoms with Gasteiger partial charge in [-0.15, -0.1) is 0 Å². The second-order valence-electron chi connectivity index (χ2n) is 4.15. The third kappa shape index (κ3) is 3.68. The molecule has 6 heteroatoms. The Morgan fingerprint density at radius 2 is 2.00 bits per heavy atom. The smallest absolute Gasteiger partial charge is 0.290 e. The first-order chi connectivity index (χ1) is 9.66. The molecule has 0 aliphatic heterocycles. The van der Waals surface area contributed by atoms with Crippen LogP contribution in [0.5, 0.6) is 5.75 Å². The van der Waals surface area contributed by atoms with Crippen LogP contribution in [0.25, 0.3) is 0 Å². The van der Waals surface area contributed by atoms with Gasteiger partial charge < -0.3 is 10.1 Å². The summed E-state index contributed by atoms with van der Waals surface area (Å²) in [4.78, 5) is 14.4. The van der Waals surface area contributed by atoms with E-state index in [-0.39, 0.29) is 5.69 Å². The van der Waals surface area contributed by atoms with Crippen LogP contribution in [0.3, 0.4) is 0 Å². The van der Waals surface area contributed by atoms with Crippen molar-refractivity contribution < 1.29 is 9.66 Å². The number of aromatic nitrogens is 1. The van der Waals surface area contributed by atoms with Crippen LogP contribution in [0.2, 0.25) is 0 Å². The van der Waals surface area contributed by atoms with Gasteiger partial charge in [-0.3, -0.25) is 10.1 Å². The molecule has 0 aliphatic rings. The number of hydrogen-bond donors (Lipinski definition) is 1. The van der Waals surface area contributed by atoms with Gasteiger partial charge in [0.25, 0.3) is 5.69 Å². The van der Waals surface area contributed by atoms with Crippen LogP contribution < -0.4 is 10.1 Å². The molecule has 0 saturated carbocycles. The predicted molar refractivity (Wildman–Crippen MR) is 76.1 cm³/mol. The van der Waals surface area contributed by atoms with E-state index in [2.05, 4.69) is 10.3 Å². The van der Waals surface area contributed by atoms with Crippen LogP contribution in [-0.2, 0) is 0 Å². The fourth-order valence-electron chi connectivity index (χ4n) is 1.71. The third-order valence-electron chi connectivity index (χ3n) is 2.67. The van der Waals surface area contributed by atoms with Crippen molar-refractivity contribution in [1.29, 1.82) is 0 Å². The van der Waals surface area contributed by atoms with Crippen molar-refractivity contribution in [2.75, 3.05) is 18.5 Å². The van der Waals surface area contributed by atoms with Gasteiger partial charge in [0.05, 0.1) is 11.5 Å². The number of ether oxygens (including phenoxy) is 1. The summed E-state index contributed by atoms with van der Waals surface area (Å²) >= 11 is 0. The molecule has 1 N–H and O–H groups in total. The molecule has 1 aromatic heterocycles. The molecule has 0 unspecified atom stereocenters. The normalized spacial score (nSPS) is 10.1. The molecule has 1 aromatic carbocycles. The summed E-state index contributed by atoms with van der Waals surface area (Å²) in [6.07, 6.45) is 0. The van der Waals surface area contributed by atoms with E-state index >= 15 is 0 Å². The molecule has 20 heavy (non-hydrogen) atoms. The highest BCUT2D eigenvalue weighted by Crippen LogP contribution is 2.17. The molecule has 104 valence electrons. The summed E-state index contributed by atoms with van der Waals surface area (Å²) in [6, 6.07) is 12.5. The summed E-state index contributed by atoms with van der Waals surface area (Å²) in [7, 11) is 0. The van der Waals surface area contributed by atoms with Gasteiger partial charge in [-0.25, -0.2) is 4.98 Å². The molecule has 2 rings (SSSR count). The summed E-state index contributed by atoms with van der Waals surface area (Å²) in [6.45, 7) is 2.67. The highest BCUT2D eigenvalue weighted by atomic mass is 16.6. The zero-order valence-corrected chi connectivity index (χ0v) is 11.1. The largest absolute Gasteiger partial charge is 0.492 e. The molecule has 0 atom stereocenters. The van der Waals surface area contributed by atoms with Crippen molar-refractivity contribution in [3.8, 4) is 5.75 Å². The third-order valence-corrected chi connectivity index (χ3v) is 2.67. The van der Waals surface area contributed by atoms with Crippen molar-refractivity contribution in [3.05, 3.63) is 58.3 Å². The van der Waals surface area contributed by atoms with E-state index in [1.807, 2.05) is 30.3 Å². The lowest BCUT2D eigenvalue weighted by Crippen LogP contribution is -2.12. The maximum atomic E-state index is 10.7. The van der Waals surface area contributed by atoms with E-state index in [1.54, 1.807) is 13.0 Å². The Kier molecular flexibility index (Phi) is 4.49. The Morgan fingerprint density at radius 1 is 1.25 bits per heavy atom. The molecule has 6 nitrogen and oxygen atoms in total. The maximum absolute atomic E-state index is 10.7. The Balaban J connectivity index is 1.83. The molecular formula is C14H15N3O3. The monoisotopic (exact) mass is 273 g/mol. The topological polar surface area (TPSA) is 77.3 Å². The standard InChI is InChI=1S/C14H15N3O3/c1-11-13(17(18)19)7-8-14(16-11)15-9-10-20-12-5-3-2-4-6-12/h2-8H,9-10H2,1H3,(H,15,16). The molecule has 0 fully saturated rings. The minimum Gasteiger partial charge on any atom is -0.492 e. The Labute approximate surface area is 116 Å². The second kappa shape index (κ2) is 6.51.